The van der Waals surface area contributed by atoms with Crippen LogP contribution in [0.15, 0.2) is 12.4 Å². The van der Waals surface area contributed by atoms with Crippen molar-refractivity contribution in [1.82, 2.24) is 9.55 Å². The van der Waals surface area contributed by atoms with E-state index in [-0.39, 0.29) is 0 Å². The van der Waals surface area contributed by atoms with Crippen LogP contribution < -0.4 is 5.32 Å². The van der Waals surface area contributed by atoms with E-state index < -0.39 is 0 Å². The van der Waals surface area contributed by atoms with Gasteiger partial charge in [0.15, 0.2) is 0 Å². The molecule has 0 unspecified atom stereocenters. The smallest absolute Gasteiger partial charge is 0.203 e. The highest BCUT2D eigenvalue weighted by atomic mass is 15.2. The molecule has 0 aliphatic heterocycles. The molecule has 1 aliphatic rings. The van der Waals surface area contributed by atoms with Crippen LogP contribution in [0.4, 0.5) is 5.95 Å². The Morgan fingerprint density at radius 3 is 2.68 bits per heavy atom. The van der Waals surface area contributed by atoms with Gasteiger partial charge in [-0.3, -0.25) is 0 Å². The van der Waals surface area contributed by atoms with E-state index in [4.69, 9.17) is 0 Å². The summed E-state index contributed by atoms with van der Waals surface area (Å²) >= 11 is 0. The molecule has 0 spiro atoms. The minimum absolute atomic E-state index is 0.658. The Bertz CT molecular complexity index is 362. The molecule has 108 valence electrons. The van der Waals surface area contributed by atoms with Gasteiger partial charge in [0.2, 0.25) is 5.95 Å². The van der Waals surface area contributed by atoms with Crippen LogP contribution >= 0.6 is 0 Å². The second-order valence-corrected chi connectivity index (χ2v) is 6.40. The van der Waals surface area contributed by atoms with Crippen molar-refractivity contribution in [2.24, 2.45) is 11.8 Å². The summed E-state index contributed by atoms with van der Waals surface area (Å²) in [5.41, 5.74) is 0. The van der Waals surface area contributed by atoms with Crippen molar-refractivity contribution < 1.29 is 0 Å². The molecule has 0 bridgehead atoms. The lowest BCUT2D eigenvalue weighted by Crippen LogP contribution is -2.20. The van der Waals surface area contributed by atoms with Crippen molar-refractivity contribution in [1.29, 1.82) is 0 Å². The molecule has 1 heterocycles. The summed E-state index contributed by atoms with van der Waals surface area (Å²) in [7, 11) is 0. The van der Waals surface area contributed by atoms with Crippen molar-refractivity contribution in [2.45, 2.75) is 65.3 Å². The van der Waals surface area contributed by atoms with E-state index in [1.54, 1.807) is 0 Å². The molecule has 1 N–H and O–H groups in total. The van der Waals surface area contributed by atoms with E-state index in [1.807, 2.05) is 6.20 Å². The van der Waals surface area contributed by atoms with Crippen LogP contribution in [0.3, 0.4) is 0 Å². The largest absolute Gasteiger partial charge is 0.355 e. The van der Waals surface area contributed by atoms with Gasteiger partial charge in [-0.1, -0.05) is 33.6 Å². The van der Waals surface area contributed by atoms with Gasteiger partial charge in [0.25, 0.3) is 0 Å². The van der Waals surface area contributed by atoms with Gasteiger partial charge in [0.05, 0.1) is 0 Å². The van der Waals surface area contributed by atoms with Gasteiger partial charge in [-0.05, 0) is 37.5 Å². The first-order chi connectivity index (χ1) is 9.20. The Hall–Kier alpha value is -0.990. The summed E-state index contributed by atoms with van der Waals surface area (Å²) in [5, 5.41) is 3.48. The number of rotatable bonds is 6. The van der Waals surface area contributed by atoms with Gasteiger partial charge < -0.3 is 9.88 Å². The Morgan fingerprint density at radius 1 is 1.32 bits per heavy atom. The van der Waals surface area contributed by atoms with E-state index >= 15 is 0 Å². The maximum Gasteiger partial charge on any atom is 0.203 e. The Kier molecular flexibility index (Phi) is 5.29. The number of anilines is 1. The van der Waals surface area contributed by atoms with Gasteiger partial charge in [-0.15, -0.1) is 0 Å². The molecule has 0 atom stereocenters. The summed E-state index contributed by atoms with van der Waals surface area (Å²) in [6.45, 7) is 7.77. The molecule has 0 saturated heterocycles. The predicted molar refractivity (Wildman–Crippen MR) is 81.5 cm³/mol. The molecule has 1 aliphatic carbocycles. The average Bonchev–Trinajstić information content (AvgIpc) is 2.86. The molecule has 1 aromatic heterocycles. The molecule has 3 heteroatoms. The maximum atomic E-state index is 4.47. The molecular formula is C16H29N3. The number of hydrogen-bond acceptors (Lipinski definition) is 2. The van der Waals surface area contributed by atoms with E-state index in [0.29, 0.717) is 12.0 Å². The molecule has 0 radical (unpaired) electrons. The highest BCUT2D eigenvalue weighted by Gasteiger charge is 2.23. The zero-order valence-corrected chi connectivity index (χ0v) is 12.7. The average molecular weight is 263 g/mol. The second kappa shape index (κ2) is 6.97. The summed E-state index contributed by atoms with van der Waals surface area (Å²) in [5.74, 6) is 2.69. The van der Waals surface area contributed by atoms with Crippen LogP contribution in [0, 0.1) is 11.8 Å². The third kappa shape index (κ3) is 3.99. The third-order valence-electron chi connectivity index (χ3n) is 4.24. The molecule has 3 nitrogen and oxygen atoms in total. The number of imidazole rings is 1. The summed E-state index contributed by atoms with van der Waals surface area (Å²) in [6.07, 6.45) is 12.2. The van der Waals surface area contributed by atoms with Crippen molar-refractivity contribution in [3.63, 3.8) is 0 Å². The van der Waals surface area contributed by atoms with Crippen LogP contribution in [-0.4, -0.2) is 16.1 Å². The molecule has 2 rings (SSSR count). The topological polar surface area (TPSA) is 29.9 Å². The van der Waals surface area contributed by atoms with E-state index in [1.165, 1.54) is 38.5 Å². The predicted octanol–water partition coefficient (Wildman–Crippen LogP) is 4.48. The second-order valence-electron chi connectivity index (χ2n) is 6.40. The minimum Gasteiger partial charge on any atom is -0.355 e. The summed E-state index contributed by atoms with van der Waals surface area (Å²) in [6, 6.07) is 0.658. The van der Waals surface area contributed by atoms with E-state index in [2.05, 4.69) is 41.8 Å². The molecule has 1 aromatic rings. The van der Waals surface area contributed by atoms with Crippen molar-refractivity contribution >= 4 is 5.95 Å². The van der Waals surface area contributed by atoms with Crippen LogP contribution in [0.1, 0.15) is 65.3 Å². The highest BCUT2D eigenvalue weighted by molar-refractivity contribution is 5.26. The zero-order chi connectivity index (χ0) is 13.7. The number of nitrogens with one attached hydrogen (secondary N) is 1. The van der Waals surface area contributed by atoms with E-state index in [9.17, 15) is 0 Å². The SMILES string of the molecule is CCCC1CCC(n2ccnc2NCC(C)C)CC1. The van der Waals surface area contributed by atoms with Crippen LogP contribution in [0.2, 0.25) is 0 Å². The van der Waals surface area contributed by atoms with Gasteiger partial charge in [0, 0.05) is 25.0 Å². The van der Waals surface area contributed by atoms with Gasteiger partial charge >= 0.3 is 0 Å². The molecule has 1 saturated carbocycles. The maximum absolute atomic E-state index is 4.47. The fourth-order valence-electron chi connectivity index (χ4n) is 3.16. The Morgan fingerprint density at radius 2 is 2.05 bits per heavy atom. The third-order valence-corrected chi connectivity index (χ3v) is 4.24. The van der Waals surface area contributed by atoms with Gasteiger partial charge in [0.1, 0.15) is 0 Å². The number of nitrogens with zero attached hydrogens (tertiary/aromatic N) is 2. The zero-order valence-electron chi connectivity index (χ0n) is 12.7. The lowest BCUT2D eigenvalue weighted by molar-refractivity contribution is 0.264. The number of hydrogen-bond donors (Lipinski definition) is 1. The lowest BCUT2D eigenvalue weighted by Gasteiger charge is -2.30. The summed E-state index contributed by atoms with van der Waals surface area (Å²) in [4.78, 5) is 4.47. The van der Waals surface area contributed by atoms with Crippen molar-refractivity contribution in [3.8, 4) is 0 Å². The van der Waals surface area contributed by atoms with Gasteiger partial charge in [-0.25, -0.2) is 4.98 Å². The summed E-state index contributed by atoms with van der Waals surface area (Å²) < 4.78 is 2.37. The van der Waals surface area contributed by atoms with Crippen molar-refractivity contribution in [2.75, 3.05) is 11.9 Å². The fourth-order valence-corrected chi connectivity index (χ4v) is 3.16. The number of aromatic nitrogens is 2. The first kappa shape index (κ1) is 14.4. The molecule has 1 fully saturated rings. The fraction of sp³-hybridized carbons (Fsp3) is 0.812. The van der Waals surface area contributed by atoms with Crippen LogP contribution in [0.5, 0.6) is 0 Å². The quantitative estimate of drug-likeness (QED) is 0.820. The molecule has 0 aromatic carbocycles. The molecule has 19 heavy (non-hydrogen) atoms. The molecular weight excluding hydrogens is 234 g/mol. The minimum atomic E-state index is 0.658. The van der Waals surface area contributed by atoms with Crippen molar-refractivity contribution in [3.05, 3.63) is 12.4 Å². The van der Waals surface area contributed by atoms with Crippen LogP contribution in [-0.2, 0) is 0 Å². The Balaban J connectivity index is 1.90. The highest BCUT2D eigenvalue weighted by Crippen LogP contribution is 2.35. The first-order valence-electron chi connectivity index (χ1n) is 7.97. The van der Waals surface area contributed by atoms with Gasteiger partial charge in [-0.2, -0.15) is 0 Å². The van der Waals surface area contributed by atoms with Crippen LogP contribution in [0.25, 0.3) is 0 Å². The first-order valence-corrected chi connectivity index (χ1v) is 7.97. The molecule has 0 amide bonds. The lowest BCUT2D eigenvalue weighted by atomic mass is 9.83. The Labute approximate surface area is 117 Å². The van der Waals surface area contributed by atoms with E-state index in [0.717, 1.165) is 18.4 Å². The monoisotopic (exact) mass is 263 g/mol. The standard InChI is InChI=1S/C16H29N3/c1-4-5-14-6-8-15(9-7-14)19-11-10-17-16(19)18-12-13(2)3/h10-11,13-15H,4-9,12H2,1-3H3,(H,17,18). The normalized spacial score (nSPS) is 23.8.